The molecule has 3 rings (SSSR count). The summed E-state index contributed by atoms with van der Waals surface area (Å²) < 4.78 is 55.1. The molecule has 0 aliphatic heterocycles. The van der Waals surface area contributed by atoms with Crippen molar-refractivity contribution < 1.29 is 22.3 Å². The van der Waals surface area contributed by atoms with Crippen molar-refractivity contribution in [2.45, 2.75) is 38.5 Å². The maximum Gasteiger partial charge on any atom is 0.573 e. The second-order valence-electron chi connectivity index (χ2n) is 6.17. The summed E-state index contributed by atoms with van der Waals surface area (Å²) in [6.07, 6.45) is 0.801. The second kappa shape index (κ2) is 6.90. The third-order valence-corrected chi connectivity index (χ3v) is 4.51. The number of fused-ring (bicyclic) bond motifs is 1. The molecular formula is C20H18F4O. The molecule has 0 amide bonds. The molecule has 0 saturated carbocycles. The molecule has 0 aromatic heterocycles. The SMILES string of the molecule is C/C=C/c1ccc(C2CCc3c(ccc(OC(F)(F)F)c3F)C2)cc1. The van der Waals surface area contributed by atoms with Crippen LogP contribution in [0.5, 0.6) is 5.75 Å². The fraction of sp³-hybridized carbons (Fsp3) is 0.300. The van der Waals surface area contributed by atoms with E-state index in [9.17, 15) is 17.6 Å². The second-order valence-corrected chi connectivity index (χ2v) is 6.17. The Balaban J connectivity index is 1.81. The Kier molecular flexibility index (Phi) is 4.84. The minimum absolute atomic E-state index is 0.237. The first-order chi connectivity index (χ1) is 11.9. The van der Waals surface area contributed by atoms with Crippen LogP contribution in [-0.4, -0.2) is 6.36 Å². The van der Waals surface area contributed by atoms with Crippen LogP contribution >= 0.6 is 0 Å². The van der Waals surface area contributed by atoms with Gasteiger partial charge >= 0.3 is 6.36 Å². The first kappa shape index (κ1) is 17.5. The Morgan fingerprint density at radius 2 is 1.80 bits per heavy atom. The molecular weight excluding hydrogens is 332 g/mol. The number of rotatable bonds is 3. The zero-order chi connectivity index (χ0) is 18.0. The van der Waals surface area contributed by atoms with Gasteiger partial charge in [-0.25, -0.2) is 4.39 Å². The molecule has 0 bridgehead atoms. The number of ether oxygens (including phenoxy) is 1. The molecule has 1 aliphatic carbocycles. The van der Waals surface area contributed by atoms with Gasteiger partial charge in [0.15, 0.2) is 11.6 Å². The Morgan fingerprint density at radius 1 is 1.08 bits per heavy atom. The summed E-state index contributed by atoms with van der Waals surface area (Å²) in [6, 6.07) is 10.8. The highest BCUT2D eigenvalue weighted by Gasteiger charge is 2.34. The van der Waals surface area contributed by atoms with Gasteiger partial charge in [0.05, 0.1) is 0 Å². The van der Waals surface area contributed by atoms with Gasteiger partial charge in [-0.2, -0.15) is 0 Å². The van der Waals surface area contributed by atoms with E-state index in [1.54, 1.807) is 6.07 Å². The van der Waals surface area contributed by atoms with Crippen molar-refractivity contribution in [3.8, 4) is 5.75 Å². The lowest BCUT2D eigenvalue weighted by atomic mass is 9.80. The van der Waals surface area contributed by atoms with E-state index in [1.807, 2.05) is 31.2 Å². The molecule has 1 unspecified atom stereocenters. The van der Waals surface area contributed by atoms with E-state index in [0.717, 1.165) is 22.8 Å². The first-order valence-electron chi connectivity index (χ1n) is 8.16. The minimum atomic E-state index is -4.89. The molecule has 5 heteroatoms. The highest BCUT2D eigenvalue weighted by Crippen LogP contribution is 2.37. The summed E-state index contributed by atoms with van der Waals surface area (Å²) in [4.78, 5) is 0. The maximum absolute atomic E-state index is 14.3. The molecule has 0 fully saturated rings. The van der Waals surface area contributed by atoms with E-state index in [2.05, 4.69) is 16.9 Å². The largest absolute Gasteiger partial charge is 0.573 e. The third-order valence-electron chi connectivity index (χ3n) is 4.51. The van der Waals surface area contributed by atoms with E-state index in [-0.39, 0.29) is 5.92 Å². The van der Waals surface area contributed by atoms with Crippen molar-refractivity contribution >= 4 is 6.08 Å². The molecule has 2 aromatic carbocycles. The number of hydrogen-bond donors (Lipinski definition) is 0. The summed E-state index contributed by atoms with van der Waals surface area (Å²) in [5.41, 5.74) is 3.36. The van der Waals surface area contributed by atoms with Crippen molar-refractivity contribution in [3.63, 3.8) is 0 Å². The Morgan fingerprint density at radius 3 is 2.44 bits per heavy atom. The average Bonchev–Trinajstić information content (AvgIpc) is 2.57. The minimum Gasteiger partial charge on any atom is -0.403 e. The molecule has 0 heterocycles. The van der Waals surface area contributed by atoms with Crippen molar-refractivity contribution in [3.05, 3.63) is 70.5 Å². The molecule has 0 saturated heterocycles. The summed E-state index contributed by atoms with van der Waals surface area (Å²) in [5, 5.41) is 0. The van der Waals surface area contributed by atoms with Crippen molar-refractivity contribution in [1.82, 2.24) is 0 Å². The van der Waals surface area contributed by atoms with Crippen LogP contribution in [0, 0.1) is 5.82 Å². The van der Waals surface area contributed by atoms with Gasteiger partial charge in [-0.1, -0.05) is 42.5 Å². The standard InChI is InChI=1S/C20H18F4O/c1-2-3-13-4-6-14(7-5-13)15-8-10-17-16(12-15)9-11-18(19(17)21)25-20(22,23)24/h2-7,9,11,15H,8,10,12H2,1H3/b3-2+. The van der Waals surface area contributed by atoms with Crippen molar-refractivity contribution in [2.75, 3.05) is 0 Å². The van der Waals surface area contributed by atoms with Crippen LogP contribution in [0.3, 0.4) is 0 Å². The quantitative estimate of drug-likeness (QED) is 0.614. The lowest BCUT2D eigenvalue weighted by Gasteiger charge is -2.26. The zero-order valence-corrected chi connectivity index (χ0v) is 13.7. The Bertz CT molecular complexity index is 776. The van der Waals surface area contributed by atoms with Gasteiger partial charge in [-0.15, -0.1) is 13.2 Å². The van der Waals surface area contributed by atoms with Gasteiger partial charge in [-0.3, -0.25) is 0 Å². The molecule has 2 aromatic rings. The fourth-order valence-electron chi connectivity index (χ4n) is 3.35. The van der Waals surface area contributed by atoms with Crippen molar-refractivity contribution in [2.24, 2.45) is 0 Å². The first-order valence-corrected chi connectivity index (χ1v) is 8.16. The Hall–Kier alpha value is -2.30. The number of alkyl halides is 3. The van der Waals surface area contributed by atoms with E-state index in [1.165, 1.54) is 0 Å². The van der Waals surface area contributed by atoms with Crippen LogP contribution in [0.4, 0.5) is 17.6 Å². The third kappa shape index (κ3) is 4.03. The number of benzene rings is 2. The molecule has 0 N–H and O–H groups in total. The summed E-state index contributed by atoms with van der Waals surface area (Å²) >= 11 is 0. The summed E-state index contributed by atoms with van der Waals surface area (Å²) in [7, 11) is 0. The van der Waals surface area contributed by atoms with E-state index >= 15 is 0 Å². The van der Waals surface area contributed by atoms with Crippen LogP contribution < -0.4 is 4.74 Å². The zero-order valence-electron chi connectivity index (χ0n) is 13.7. The van der Waals surface area contributed by atoms with E-state index in [0.29, 0.717) is 24.8 Å². The number of allylic oxidation sites excluding steroid dienone is 1. The van der Waals surface area contributed by atoms with Gasteiger partial charge in [0, 0.05) is 0 Å². The molecule has 132 valence electrons. The fourth-order valence-corrected chi connectivity index (χ4v) is 3.35. The van der Waals surface area contributed by atoms with Gasteiger partial charge in [0.25, 0.3) is 0 Å². The highest BCUT2D eigenvalue weighted by molar-refractivity contribution is 5.50. The molecule has 1 aliphatic rings. The lowest BCUT2D eigenvalue weighted by molar-refractivity contribution is -0.275. The number of halogens is 4. The maximum atomic E-state index is 14.3. The van der Waals surface area contributed by atoms with E-state index < -0.39 is 17.9 Å². The smallest absolute Gasteiger partial charge is 0.403 e. The van der Waals surface area contributed by atoms with Gasteiger partial charge in [-0.05, 0) is 60.4 Å². The van der Waals surface area contributed by atoms with E-state index in [4.69, 9.17) is 0 Å². The highest BCUT2D eigenvalue weighted by atomic mass is 19.4. The molecule has 1 atom stereocenters. The summed E-state index contributed by atoms with van der Waals surface area (Å²) in [6.45, 7) is 1.96. The van der Waals surface area contributed by atoms with Crippen LogP contribution in [0.2, 0.25) is 0 Å². The van der Waals surface area contributed by atoms with Crippen LogP contribution in [0.25, 0.3) is 6.08 Å². The lowest BCUT2D eigenvalue weighted by Crippen LogP contribution is -2.20. The van der Waals surface area contributed by atoms with Gasteiger partial charge < -0.3 is 4.74 Å². The normalized spacial score (nSPS) is 17.6. The van der Waals surface area contributed by atoms with Gasteiger partial charge in [0.2, 0.25) is 0 Å². The molecule has 0 spiro atoms. The monoisotopic (exact) mass is 350 g/mol. The molecule has 0 radical (unpaired) electrons. The Labute approximate surface area is 143 Å². The molecule has 25 heavy (non-hydrogen) atoms. The summed E-state index contributed by atoms with van der Waals surface area (Å²) in [5.74, 6) is -1.40. The van der Waals surface area contributed by atoms with Crippen LogP contribution in [0.15, 0.2) is 42.5 Å². The average molecular weight is 350 g/mol. The van der Waals surface area contributed by atoms with Crippen molar-refractivity contribution in [1.29, 1.82) is 0 Å². The predicted octanol–water partition coefficient (Wildman–Crippen LogP) is 6.03. The predicted molar refractivity (Wildman–Crippen MR) is 89.0 cm³/mol. The topological polar surface area (TPSA) is 9.23 Å². The van der Waals surface area contributed by atoms with Crippen LogP contribution in [-0.2, 0) is 12.8 Å². The van der Waals surface area contributed by atoms with Gasteiger partial charge in [0.1, 0.15) is 0 Å². The van der Waals surface area contributed by atoms with Crippen LogP contribution in [0.1, 0.15) is 41.5 Å². The number of hydrogen-bond acceptors (Lipinski definition) is 1. The molecule has 1 nitrogen and oxygen atoms in total.